The molecular weight excluding hydrogens is 99.5 g/mol. The Labute approximate surface area is 43.8 Å². The van der Waals surface area contributed by atoms with Gasteiger partial charge in [-0.1, -0.05) is 5.92 Å². The maximum absolute atomic E-state index is 7.89. The normalized spacial score (nSPS) is 4.33. The lowest BCUT2D eigenvalue weighted by Crippen LogP contribution is -1.66. The lowest BCUT2D eigenvalue weighted by molar-refractivity contribution is 0.350. The largest absolute Gasteiger partial charge is 0.384 e. The van der Waals surface area contributed by atoms with Crippen LogP contribution in [0.25, 0.3) is 0 Å². The zero-order valence-corrected chi connectivity index (χ0v) is 4.38. The first-order valence-corrected chi connectivity index (χ1v) is 1.42. The van der Waals surface area contributed by atoms with Gasteiger partial charge in [0.15, 0.2) is 0 Å². The predicted octanol–water partition coefficient (Wildman–Crippen LogP) is 0.424. The van der Waals surface area contributed by atoms with Crippen LogP contribution in [0.3, 0.4) is 0 Å². The first-order chi connectivity index (χ1) is 2.41. The number of hydrogen-bond acceptors (Lipinski definition) is 1. The van der Waals surface area contributed by atoms with Gasteiger partial charge < -0.3 is 5.11 Å². The third kappa shape index (κ3) is 9.18. The summed E-state index contributed by atoms with van der Waals surface area (Å²) >= 11 is 0. The van der Waals surface area contributed by atoms with Crippen LogP contribution in [0.1, 0.15) is 6.92 Å². The molecule has 0 aliphatic carbocycles. The van der Waals surface area contributed by atoms with E-state index in [1.54, 1.807) is 6.92 Å². The summed E-state index contributed by atoms with van der Waals surface area (Å²) in [5.41, 5.74) is 0. The first-order valence-electron chi connectivity index (χ1n) is 1.42. The summed E-state index contributed by atoms with van der Waals surface area (Å²) in [6.45, 7) is 1.67. The van der Waals surface area contributed by atoms with Crippen LogP contribution in [-0.2, 0) is 0 Å². The van der Waals surface area contributed by atoms with Crippen LogP contribution < -0.4 is 0 Å². The van der Waals surface area contributed by atoms with E-state index in [1.165, 1.54) is 0 Å². The molecule has 0 spiro atoms. The second-order valence-corrected chi connectivity index (χ2v) is 0.585. The Bertz CT molecular complexity index is 59.7. The van der Waals surface area contributed by atoms with Crippen LogP contribution in [0.5, 0.6) is 0 Å². The summed E-state index contributed by atoms with van der Waals surface area (Å²) in [6, 6.07) is 0. The molecular formula is C4H7ClO. The molecule has 0 aliphatic heterocycles. The molecule has 0 rings (SSSR count). The zero-order chi connectivity index (χ0) is 4.12. The summed E-state index contributed by atoms with van der Waals surface area (Å²) < 4.78 is 0. The smallest absolute Gasteiger partial charge is 0.104 e. The van der Waals surface area contributed by atoms with Crippen molar-refractivity contribution in [3.8, 4) is 11.8 Å². The molecule has 0 aromatic rings. The Morgan fingerprint density at radius 3 is 2.17 bits per heavy atom. The van der Waals surface area contributed by atoms with Gasteiger partial charge in [-0.05, 0) is 6.92 Å². The van der Waals surface area contributed by atoms with Gasteiger partial charge in [0.2, 0.25) is 0 Å². The van der Waals surface area contributed by atoms with Crippen molar-refractivity contribution in [2.75, 3.05) is 6.61 Å². The molecule has 0 radical (unpaired) electrons. The van der Waals surface area contributed by atoms with Gasteiger partial charge in [0.25, 0.3) is 0 Å². The van der Waals surface area contributed by atoms with Gasteiger partial charge in [-0.2, -0.15) is 0 Å². The Balaban J connectivity index is 0. The molecule has 36 valence electrons. The van der Waals surface area contributed by atoms with E-state index >= 15 is 0 Å². The first kappa shape index (κ1) is 9.26. The summed E-state index contributed by atoms with van der Waals surface area (Å²) in [5, 5.41) is 7.89. The van der Waals surface area contributed by atoms with Gasteiger partial charge in [-0.15, -0.1) is 18.3 Å². The fraction of sp³-hybridized carbons (Fsp3) is 0.500. The molecule has 0 atom stereocenters. The second kappa shape index (κ2) is 8.84. The van der Waals surface area contributed by atoms with E-state index < -0.39 is 0 Å². The second-order valence-electron chi connectivity index (χ2n) is 0.585. The Morgan fingerprint density at radius 2 is 2.17 bits per heavy atom. The lowest BCUT2D eigenvalue weighted by Gasteiger charge is -1.60. The van der Waals surface area contributed by atoms with Crippen LogP contribution in [-0.4, -0.2) is 11.7 Å². The van der Waals surface area contributed by atoms with Gasteiger partial charge in [0, 0.05) is 0 Å². The van der Waals surface area contributed by atoms with E-state index in [4.69, 9.17) is 5.11 Å². The Kier molecular flexibility index (Phi) is 13.6. The summed E-state index contributed by atoms with van der Waals surface area (Å²) in [7, 11) is 0. The molecule has 0 saturated heterocycles. The molecule has 0 unspecified atom stereocenters. The molecule has 0 amide bonds. The fourth-order valence-electron chi connectivity index (χ4n) is 0.0791. The summed E-state index contributed by atoms with van der Waals surface area (Å²) in [5.74, 6) is 4.93. The SMILES string of the molecule is CC#CCO.Cl. The van der Waals surface area contributed by atoms with Crippen LogP contribution in [0.4, 0.5) is 0 Å². The van der Waals surface area contributed by atoms with Gasteiger partial charge in [0.05, 0.1) is 0 Å². The minimum atomic E-state index is -0.0174. The molecule has 0 heterocycles. The highest BCUT2D eigenvalue weighted by Gasteiger charge is 1.48. The van der Waals surface area contributed by atoms with E-state index in [-0.39, 0.29) is 19.0 Å². The quantitative estimate of drug-likeness (QED) is 0.444. The third-order valence-electron chi connectivity index (χ3n) is 0.256. The molecule has 0 aromatic heterocycles. The molecule has 0 fully saturated rings. The van der Waals surface area contributed by atoms with Crippen LogP contribution >= 0.6 is 12.4 Å². The van der Waals surface area contributed by atoms with Crippen molar-refractivity contribution in [1.29, 1.82) is 0 Å². The summed E-state index contributed by atoms with van der Waals surface area (Å²) in [6.07, 6.45) is 0. The van der Waals surface area contributed by atoms with E-state index in [1.807, 2.05) is 0 Å². The zero-order valence-electron chi connectivity index (χ0n) is 3.56. The highest BCUT2D eigenvalue weighted by atomic mass is 35.5. The molecule has 0 bridgehead atoms. The molecule has 0 aliphatic rings. The van der Waals surface area contributed by atoms with E-state index in [0.29, 0.717) is 0 Å². The average molecular weight is 107 g/mol. The van der Waals surface area contributed by atoms with E-state index in [9.17, 15) is 0 Å². The van der Waals surface area contributed by atoms with Gasteiger partial charge in [-0.3, -0.25) is 0 Å². The Hall–Kier alpha value is -0.190. The lowest BCUT2D eigenvalue weighted by atomic mass is 10.6. The van der Waals surface area contributed by atoms with Gasteiger partial charge in [0.1, 0.15) is 6.61 Å². The molecule has 2 heteroatoms. The topological polar surface area (TPSA) is 20.2 Å². The average Bonchev–Trinajstić information content (AvgIpc) is 1.41. The van der Waals surface area contributed by atoms with Gasteiger partial charge in [-0.25, -0.2) is 0 Å². The van der Waals surface area contributed by atoms with E-state index in [0.717, 1.165) is 0 Å². The van der Waals surface area contributed by atoms with Crippen molar-refractivity contribution in [3.05, 3.63) is 0 Å². The summed E-state index contributed by atoms with van der Waals surface area (Å²) in [4.78, 5) is 0. The van der Waals surface area contributed by atoms with Crippen LogP contribution in [0, 0.1) is 11.8 Å². The highest BCUT2D eigenvalue weighted by molar-refractivity contribution is 5.85. The number of rotatable bonds is 0. The molecule has 1 nitrogen and oxygen atoms in total. The third-order valence-corrected chi connectivity index (χ3v) is 0.256. The van der Waals surface area contributed by atoms with Crippen LogP contribution in [0.15, 0.2) is 0 Å². The number of hydrogen-bond donors (Lipinski definition) is 1. The Morgan fingerprint density at radius 1 is 1.67 bits per heavy atom. The highest BCUT2D eigenvalue weighted by Crippen LogP contribution is 1.44. The fourth-order valence-corrected chi connectivity index (χ4v) is 0.0791. The monoisotopic (exact) mass is 106 g/mol. The van der Waals surface area contributed by atoms with E-state index in [2.05, 4.69) is 11.8 Å². The molecule has 6 heavy (non-hydrogen) atoms. The molecule has 1 N–H and O–H groups in total. The van der Waals surface area contributed by atoms with Crippen molar-refractivity contribution in [1.82, 2.24) is 0 Å². The van der Waals surface area contributed by atoms with Crippen molar-refractivity contribution < 1.29 is 5.11 Å². The number of aliphatic hydroxyl groups is 1. The van der Waals surface area contributed by atoms with Crippen molar-refractivity contribution in [2.45, 2.75) is 6.92 Å². The maximum atomic E-state index is 7.89. The maximum Gasteiger partial charge on any atom is 0.104 e. The predicted molar refractivity (Wildman–Crippen MR) is 27.8 cm³/mol. The molecule has 0 aromatic carbocycles. The van der Waals surface area contributed by atoms with Gasteiger partial charge >= 0.3 is 0 Å². The van der Waals surface area contributed by atoms with Crippen molar-refractivity contribution in [3.63, 3.8) is 0 Å². The number of halogens is 1. The van der Waals surface area contributed by atoms with Crippen molar-refractivity contribution >= 4 is 12.4 Å². The standard InChI is InChI=1S/C4H6O.ClH/c1-2-3-4-5;/h5H,4H2,1H3;1H. The minimum absolute atomic E-state index is 0. The minimum Gasteiger partial charge on any atom is -0.384 e. The number of aliphatic hydroxyl groups excluding tert-OH is 1. The van der Waals surface area contributed by atoms with Crippen LogP contribution in [0.2, 0.25) is 0 Å². The van der Waals surface area contributed by atoms with Crippen molar-refractivity contribution in [2.24, 2.45) is 0 Å². The molecule has 0 saturated carbocycles.